The molecule has 2 aliphatic rings. The standard InChI is InChI=1S/C28H35F2N7O/c1-17-21(5-4-6-22(17)26(29)30)18(2)33-27-23-15-25(32-16-24(23)19(3)34-35-27)36-11-13-37(14-12-36)28(38)20-7-9-31-10-8-20/h4-6,15-16,18,20,26,31H,7-14H2,1-3H3,(H,33,35)/t18-/m1/s1. The highest BCUT2D eigenvalue weighted by molar-refractivity contribution is 5.94. The molecule has 4 heterocycles. The van der Waals surface area contributed by atoms with Crippen LogP contribution in [0, 0.1) is 19.8 Å². The zero-order chi connectivity index (χ0) is 26.8. The van der Waals surface area contributed by atoms with E-state index < -0.39 is 6.43 Å². The highest BCUT2D eigenvalue weighted by Crippen LogP contribution is 2.32. The number of aromatic nitrogens is 3. The number of carbonyl (C=O) groups is 1. The average molecular weight is 524 g/mol. The van der Waals surface area contributed by atoms with Gasteiger partial charge in [-0.15, -0.1) is 5.10 Å². The van der Waals surface area contributed by atoms with Crippen molar-refractivity contribution < 1.29 is 13.6 Å². The zero-order valence-electron chi connectivity index (χ0n) is 22.2. The van der Waals surface area contributed by atoms with Crippen molar-refractivity contribution in [3.8, 4) is 0 Å². The minimum absolute atomic E-state index is 0.0419. The molecule has 0 spiro atoms. The number of piperazine rings is 1. The summed E-state index contributed by atoms with van der Waals surface area (Å²) in [5.41, 5.74) is 2.18. The average Bonchev–Trinajstić information content (AvgIpc) is 2.94. The molecule has 2 aliphatic heterocycles. The summed E-state index contributed by atoms with van der Waals surface area (Å²) in [5.74, 6) is 1.81. The van der Waals surface area contributed by atoms with Gasteiger partial charge in [0.15, 0.2) is 5.82 Å². The Labute approximate surface area is 221 Å². The number of carbonyl (C=O) groups excluding carboxylic acids is 1. The highest BCUT2D eigenvalue weighted by atomic mass is 19.3. The summed E-state index contributed by atoms with van der Waals surface area (Å²) >= 11 is 0. The van der Waals surface area contributed by atoms with E-state index in [9.17, 15) is 13.6 Å². The lowest BCUT2D eigenvalue weighted by atomic mass is 9.96. The maximum atomic E-state index is 13.5. The maximum Gasteiger partial charge on any atom is 0.264 e. The first-order chi connectivity index (χ1) is 18.3. The molecule has 0 unspecified atom stereocenters. The highest BCUT2D eigenvalue weighted by Gasteiger charge is 2.29. The molecule has 0 bridgehead atoms. The van der Waals surface area contributed by atoms with Crippen molar-refractivity contribution in [2.24, 2.45) is 5.92 Å². The fourth-order valence-electron chi connectivity index (χ4n) is 5.58. The van der Waals surface area contributed by atoms with Crippen LogP contribution in [0.25, 0.3) is 10.8 Å². The van der Waals surface area contributed by atoms with E-state index in [0.717, 1.165) is 53.8 Å². The van der Waals surface area contributed by atoms with Gasteiger partial charge in [-0.1, -0.05) is 18.2 Å². The topological polar surface area (TPSA) is 86.3 Å². The molecule has 1 atom stereocenters. The van der Waals surface area contributed by atoms with E-state index >= 15 is 0 Å². The number of hydrogen-bond donors (Lipinski definition) is 2. The molecule has 10 heteroatoms. The number of aryl methyl sites for hydroxylation is 1. The molecule has 0 saturated carbocycles. The van der Waals surface area contributed by atoms with Gasteiger partial charge >= 0.3 is 0 Å². The van der Waals surface area contributed by atoms with Crippen LogP contribution in [-0.2, 0) is 4.79 Å². The molecule has 1 aromatic carbocycles. The number of nitrogens with zero attached hydrogens (tertiary/aromatic N) is 5. The molecule has 2 N–H and O–H groups in total. The summed E-state index contributed by atoms with van der Waals surface area (Å²) in [6, 6.07) is 6.75. The Morgan fingerprint density at radius 1 is 1.05 bits per heavy atom. The number of nitrogens with one attached hydrogen (secondary N) is 2. The van der Waals surface area contributed by atoms with E-state index in [2.05, 4.69) is 25.7 Å². The van der Waals surface area contributed by atoms with Gasteiger partial charge in [0.25, 0.3) is 6.43 Å². The lowest BCUT2D eigenvalue weighted by Crippen LogP contribution is -2.51. The van der Waals surface area contributed by atoms with Crippen LogP contribution in [-0.4, -0.2) is 65.3 Å². The number of amides is 1. The molecule has 8 nitrogen and oxygen atoms in total. The second kappa shape index (κ2) is 11.1. The van der Waals surface area contributed by atoms with Crippen molar-refractivity contribution in [3.63, 3.8) is 0 Å². The number of benzene rings is 1. The Hall–Kier alpha value is -3.40. The van der Waals surface area contributed by atoms with E-state index in [1.807, 2.05) is 37.1 Å². The number of fused-ring (bicyclic) bond motifs is 1. The number of halogens is 2. The SMILES string of the molecule is Cc1c(C(F)F)cccc1[C@@H](C)Nc1nnc(C)c2cnc(N3CCN(C(=O)C4CCNCC4)CC3)cc12. The summed E-state index contributed by atoms with van der Waals surface area (Å²) in [4.78, 5) is 21.9. The fourth-order valence-corrected chi connectivity index (χ4v) is 5.58. The van der Waals surface area contributed by atoms with Gasteiger partial charge in [-0.25, -0.2) is 13.8 Å². The van der Waals surface area contributed by atoms with E-state index in [1.165, 1.54) is 6.07 Å². The molecule has 1 amide bonds. The third kappa shape index (κ3) is 5.27. The molecular weight excluding hydrogens is 488 g/mol. The Balaban J connectivity index is 1.35. The first kappa shape index (κ1) is 26.2. The third-order valence-corrected chi connectivity index (χ3v) is 7.91. The Bertz CT molecular complexity index is 1300. The monoisotopic (exact) mass is 523 g/mol. The van der Waals surface area contributed by atoms with E-state index in [1.54, 1.807) is 13.0 Å². The van der Waals surface area contributed by atoms with Crippen molar-refractivity contribution in [1.29, 1.82) is 0 Å². The van der Waals surface area contributed by atoms with Gasteiger partial charge in [0.2, 0.25) is 5.91 Å². The van der Waals surface area contributed by atoms with E-state index in [0.29, 0.717) is 37.6 Å². The predicted molar refractivity (Wildman–Crippen MR) is 145 cm³/mol. The molecule has 2 aromatic heterocycles. The van der Waals surface area contributed by atoms with Gasteiger partial charge in [0.05, 0.1) is 11.7 Å². The van der Waals surface area contributed by atoms with Crippen LogP contribution >= 0.6 is 0 Å². The molecule has 0 radical (unpaired) electrons. The van der Waals surface area contributed by atoms with Crippen LogP contribution in [0.15, 0.2) is 30.5 Å². The molecule has 5 rings (SSSR count). The van der Waals surface area contributed by atoms with E-state index in [4.69, 9.17) is 4.98 Å². The number of piperidine rings is 1. The Kier molecular flexibility index (Phi) is 7.69. The summed E-state index contributed by atoms with van der Waals surface area (Å²) in [6.45, 7) is 10.2. The van der Waals surface area contributed by atoms with Gasteiger partial charge in [0, 0.05) is 54.6 Å². The Morgan fingerprint density at radius 3 is 2.47 bits per heavy atom. The molecule has 38 heavy (non-hydrogen) atoms. The van der Waals surface area contributed by atoms with Gasteiger partial charge in [-0.05, 0) is 63.9 Å². The van der Waals surface area contributed by atoms with Crippen molar-refractivity contribution in [2.75, 3.05) is 49.5 Å². The maximum absolute atomic E-state index is 13.5. The molecule has 2 fully saturated rings. The summed E-state index contributed by atoms with van der Waals surface area (Å²) in [5, 5.41) is 17.2. The number of alkyl halides is 2. The second-order valence-electron chi connectivity index (χ2n) is 10.3. The largest absolute Gasteiger partial charge is 0.362 e. The van der Waals surface area contributed by atoms with Gasteiger partial charge < -0.3 is 20.4 Å². The number of anilines is 2. The minimum atomic E-state index is -2.52. The van der Waals surface area contributed by atoms with E-state index in [-0.39, 0.29) is 23.4 Å². The van der Waals surface area contributed by atoms with Crippen LogP contribution in [0.4, 0.5) is 20.4 Å². The van der Waals surface area contributed by atoms with Crippen LogP contribution < -0.4 is 15.5 Å². The quantitative estimate of drug-likeness (QED) is 0.495. The number of pyridine rings is 1. The van der Waals surface area contributed by atoms with Gasteiger partial charge in [-0.3, -0.25) is 4.79 Å². The van der Waals surface area contributed by atoms with Crippen molar-refractivity contribution >= 4 is 28.3 Å². The zero-order valence-corrected chi connectivity index (χ0v) is 22.2. The number of rotatable bonds is 6. The van der Waals surface area contributed by atoms with Crippen LogP contribution in [0.3, 0.4) is 0 Å². The van der Waals surface area contributed by atoms with Crippen LogP contribution in [0.1, 0.15) is 54.6 Å². The fraction of sp³-hybridized carbons (Fsp3) is 0.500. The lowest BCUT2D eigenvalue weighted by molar-refractivity contribution is -0.136. The number of hydrogen-bond acceptors (Lipinski definition) is 7. The van der Waals surface area contributed by atoms with Crippen LogP contribution in [0.5, 0.6) is 0 Å². The summed E-state index contributed by atoms with van der Waals surface area (Å²) in [6.07, 6.45) is 1.11. The Morgan fingerprint density at radius 2 is 1.76 bits per heavy atom. The molecule has 0 aliphatic carbocycles. The normalized spacial score (nSPS) is 17.7. The first-order valence-corrected chi connectivity index (χ1v) is 13.3. The molecule has 202 valence electrons. The van der Waals surface area contributed by atoms with Crippen molar-refractivity contribution in [1.82, 2.24) is 25.4 Å². The predicted octanol–water partition coefficient (Wildman–Crippen LogP) is 4.40. The van der Waals surface area contributed by atoms with Crippen molar-refractivity contribution in [2.45, 2.75) is 46.1 Å². The molecule has 2 saturated heterocycles. The third-order valence-electron chi connectivity index (χ3n) is 7.91. The van der Waals surface area contributed by atoms with Crippen LogP contribution in [0.2, 0.25) is 0 Å². The minimum Gasteiger partial charge on any atom is -0.362 e. The van der Waals surface area contributed by atoms with Crippen molar-refractivity contribution in [3.05, 3.63) is 52.8 Å². The smallest absolute Gasteiger partial charge is 0.264 e. The summed E-state index contributed by atoms with van der Waals surface area (Å²) < 4.78 is 26.9. The molecular formula is C28H35F2N7O. The first-order valence-electron chi connectivity index (χ1n) is 13.3. The lowest BCUT2D eigenvalue weighted by Gasteiger charge is -2.37. The molecule has 3 aromatic rings. The summed E-state index contributed by atoms with van der Waals surface area (Å²) in [7, 11) is 0. The van der Waals surface area contributed by atoms with Gasteiger partial charge in [-0.2, -0.15) is 5.10 Å². The van der Waals surface area contributed by atoms with Gasteiger partial charge in [0.1, 0.15) is 5.82 Å². The second-order valence-corrected chi connectivity index (χ2v) is 10.3.